The third-order valence-electron chi connectivity index (χ3n) is 1.21. The largest absolute Gasteiger partial charge is 0.396 e. The molecule has 0 heterocycles. The fourth-order valence-corrected chi connectivity index (χ4v) is 0.662. The van der Waals surface area contributed by atoms with Crippen LogP contribution in [-0.4, -0.2) is 17.5 Å². The van der Waals surface area contributed by atoms with E-state index in [1.807, 2.05) is 13.8 Å². The molecule has 0 aliphatic heterocycles. The first kappa shape index (κ1) is 9.37. The normalized spacial score (nSPS) is 13.9. The third-order valence-corrected chi connectivity index (χ3v) is 1.21. The first-order valence-electron chi connectivity index (χ1n) is 3.47. The van der Waals surface area contributed by atoms with Gasteiger partial charge in [-0.05, 0) is 18.9 Å². The van der Waals surface area contributed by atoms with Crippen LogP contribution in [-0.2, 0) is 4.79 Å². The molecule has 58 valence electrons. The molecule has 1 unspecified atom stereocenters. The lowest BCUT2D eigenvalue weighted by molar-refractivity contribution is -0.115. The summed E-state index contributed by atoms with van der Waals surface area (Å²) in [5.41, 5.74) is 0. The van der Waals surface area contributed by atoms with E-state index in [0.29, 0.717) is 6.42 Å². The molecule has 2 nitrogen and oxygen atoms in total. The number of aliphatic hydroxyl groups excluding tert-OH is 1. The standard InChI is InChI=1S/C8H14O2/c1-3-4-8(10)5-7(2)6-9/h3-4,7,9H,5-6H2,1-2H3/b4-3+. The van der Waals surface area contributed by atoms with Crippen LogP contribution in [0.3, 0.4) is 0 Å². The highest BCUT2D eigenvalue weighted by Gasteiger charge is 2.03. The Kier molecular flexibility index (Phi) is 4.85. The number of hydrogen-bond donors (Lipinski definition) is 1. The number of ketones is 1. The van der Waals surface area contributed by atoms with Gasteiger partial charge in [0.05, 0.1) is 0 Å². The van der Waals surface area contributed by atoms with E-state index in [0.717, 1.165) is 0 Å². The second-order valence-corrected chi connectivity index (χ2v) is 2.46. The molecule has 0 radical (unpaired) electrons. The molecule has 0 spiro atoms. The lowest BCUT2D eigenvalue weighted by atomic mass is 10.1. The maximum absolute atomic E-state index is 10.8. The van der Waals surface area contributed by atoms with Crippen LogP contribution in [0.4, 0.5) is 0 Å². The van der Waals surface area contributed by atoms with Gasteiger partial charge in [-0.25, -0.2) is 0 Å². The predicted molar refractivity (Wildman–Crippen MR) is 40.7 cm³/mol. The summed E-state index contributed by atoms with van der Waals surface area (Å²) in [6, 6.07) is 0. The van der Waals surface area contributed by atoms with Crippen molar-refractivity contribution in [1.82, 2.24) is 0 Å². The Morgan fingerprint density at radius 2 is 2.30 bits per heavy atom. The van der Waals surface area contributed by atoms with Crippen molar-refractivity contribution in [3.63, 3.8) is 0 Å². The molecule has 0 amide bonds. The highest BCUT2D eigenvalue weighted by molar-refractivity contribution is 5.89. The number of aliphatic hydroxyl groups is 1. The van der Waals surface area contributed by atoms with Gasteiger partial charge in [0.2, 0.25) is 0 Å². The minimum Gasteiger partial charge on any atom is -0.396 e. The van der Waals surface area contributed by atoms with Crippen molar-refractivity contribution in [2.45, 2.75) is 20.3 Å². The van der Waals surface area contributed by atoms with E-state index in [1.54, 1.807) is 6.08 Å². The predicted octanol–water partition coefficient (Wildman–Crippen LogP) is 1.15. The summed E-state index contributed by atoms with van der Waals surface area (Å²) in [6.07, 6.45) is 3.69. The summed E-state index contributed by atoms with van der Waals surface area (Å²) >= 11 is 0. The molecular formula is C8H14O2. The molecule has 1 N–H and O–H groups in total. The first-order chi connectivity index (χ1) is 4.70. The number of rotatable bonds is 4. The minimum absolute atomic E-state index is 0.0866. The SMILES string of the molecule is C/C=C/C(=O)CC(C)CO. The van der Waals surface area contributed by atoms with Crippen LogP contribution in [0, 0.1) is 5.92 Å². The molecule has 0 aliphatic rings. The van der Waals surface area contributed by atoms with Crippen molar-refractivity contribution in [1.29, 1.82) is 0 Å². The Hall–Kier alpha value is -0.630. The molecule has 0 aromatic heterocycles. The van der Waals surface area contributed by atoms with Crippen LogP contribution in [0.2, 0.25) is 0 Å². The maximum atomic E-state index is 10.8. The summed E-state index contributed by atoms with van der Waals surface area (Å²) in [4.78, 5) is 10.8. The fraction of sp³-hybridized carbons (Fsp3) is 0.625. The van der Waals surface area contributed by atoms with Crippen molar-refractivity contribution in [2.24, 2.45) is 5.92 Å². The van der Waals surface area contributed by atoms with Gasteiger partial charge in [0, 0.05) is 13.0 Å². The molecule has 0 aromatic rings. The van der Waals surface area contributed by atoms with Crippen molar-refractivity contribution in [2.75, 3.05) is 6.61 Å². The van der Waals surface area contributed by atoms with E-state index in [1.165, 1.54) is 6.08 Å². The van der Waals surface area contributed by atoms with Crippen molar-refractivity contribution in [3.05, 3.63) is 12.2 Å². The summed E-state index contributed by atoms with van der Waals surface area (Å²) in [6.45, 7) is 3.74. The topological polar surface area (TPSA) is 37.3 Å². The zero-order chi connectivity index (χ0) is 7.98. The van der Waals surface area contributed by atoms with Crippen LogP contribution < -0.4 is 0 Å². The van der Waals surface area contributed by atoms with Crippen molar-refractivity contribution in [3.8, 4) is 0 Å². The van der Waals surface area contributed by atoms with E-state index in [4.69, 9.17) is 5.11 Å². The number of allylic oxidation sites excluding steroid dienone is 2. The van der Waals surface area contributed by atoms with Crippen LogP contribution >= 0.6 is 0 Å². The van der Waals surface area contributed by atoms with E-state index in [2.05, 4.69) is 0 Å². The van der Waals surface area contributed by atoms with Gasteiger partial charge in [-0.3, -0.25) is 4.79 Å². The van der Waals surface area contributed by atoms with Gasteiger partial charge in [-0.15, -0.1) is 0 Å². The highest BCUT2D eigenvalue weighted by atomic mass is 16.3. The highest BCUT2D eigenvalue weighted by Crippen LogP contribution is 2.00. The molecule has 0 bridgehead atoms. The van der Waals surface area contributed by atoms with Crippen LogP contribution in [0.1, 0.15) is 20.3 Å². The third kappa shape index (κ3) is 4.27. The van der Waals surface area contributed by atoms with Crippen molar-refractivity contribution < 1.29 is 9.90 Å². The van der Waals surface area contributed by atoms with E-state index >= 15 is 0 Å². The second kappa shape index (κ2) is 5.18. The molecule has 0 aromatic carbocycles. The maximum Gasteiger partial charge on any atom is 0.155 e. The zero-order valence-corrected chi connectivity index (χ0v) is 6.50. The van der Waals surface area contributed by atoms with Gasteiger partial charge in [-0.1, -0.05) is 13.0 Å². The molecule has 0 fully saturated rings. The van der Waals surface area contributed by atoms with Gasteiger partial charge in [-0.2, -0.15) is 0 Å². The molecule has 2 heteroatoms. The molecule has 0 aliphatic carbocycles. The molecule has 0 rings (SSSR count). The van der Waals surface area contributed by atoms with Crippen LogP contribution in [0.5, 0.6) is 0 Å². The monoisotopic (exact) mass is 142 g/mol. The van der Waals surface area contributed by atoms with Gasteiger partial charge in [0.15, 0.2) is 5.78 Å². The number of hydrogen-bond acceptors (Lipinski definition) is 2. The lowest BCUT2D eigenvalue weighted by Gasteiger charge is -2.02. The average molecular weight is 142 g/mol. The molecule has 0 saturated carbocycles. The summed E-state index contributed by atoms with van der Waals surface area (Å²) in [5.74, 6) is 0.174. The number of carbonyl (C=O) groups excluding carboxylic acids is 1. The van der Waals surface area contributed by atoms with Gasteiger partial charge >= 0.3 is 0 Å². The lowest BCUT2D eigenvalue weighted by Crippen LogP contribution is -2.06. The molecular weight excluding hydrogens is 128 g/mol. The molecule has 1 atom stereocenters. The Morgan fingerprint density at radius 1 is 1.70 bits per heavy atom. The van der Waals surface area contributed by atoms with Gasteiger partial charge < -0.3 is 5.11 Å². The minimum atomic E-state index is 0.0866. The Bertz CT molecular complexity index is 127. The quantitative estimate of drug-likeness (QED) is 0.598. The Morgan fingerprint density at radius 3 is 2.70 bits per heavy atom. The summed E-state index contributed by atoms with van der Waals surface area (Å²) in [5, 5.41) is 8.58. The van der Waals surface area contributed by atoms with Gasteiger partial charge in [0.1, 0.15) is 0 Å². The van der Waals surface area contributed by atoms with Crippen LogP contribution in [0.15, 0.2) is 12.2 Å². The smallest absolute Gasteiger partial charge is 0.155 e. The molecule has 10 heavy (non-hydrogen) atoms. The number of carbonyl (C=O) groups is 1. The van der Waals surface area contributed by atoms with E-state index < -0.39 is 0 Å². The average Bonchev–Trinajstić information content (AvgIpc) is 1.88. The summed E-state index contributed by atoms with van der Waals surface area (Å²) < 4.78 is 0. The Balaban J connectivity index is 3.57. The fourth-order valence-electron chi connectivity index (χ4n) is 0.662. The molecule has 0 saturated heterocycles. The first-order valence-corrected chi connectivity index (χ1v) is 3.47. The van der Waals surface area contributed by atoms with Crippen molar-refractivity contribution >= 4 is 5.78 Å². The van der Waals surface area contributed by atoms with Gasteiger partial charge in [0.25, 0.3) is 0 Å². The van der Waals surface area contributed by atoms with E-state index in [-0.39, 0.29) is 18.3 Å². The zero-order valence-electron chi connectivity index (χ0n) is 6.50. The van der Waals surface area contributed by atoms with E-state index in [9.17, 15) is 4.79 Å². The Labute approximate surface area is 61.6 Å². The summed E-state index contributed by atoms with van der Waals surface area (Å²) in [7, 11) is 0. The second-order valence-electron chi connectivity index (χ2n) is 2.46. The van der Waals surface area contributed by atoms with Crippen LogP contribution in [0.25, 0.3) is 0 Å².